The van der Waals surface area contributed by atoms with Crippen LogP contribution in [0.4, 0.5) is 0 Å². The van der Waals surface area contributed by atoms with E-state index in [9.17, 15) is 0 Å². The molecule has 1 aromatic carbocycles. The van der Waals surface area contributed by atoms with Crippen molar-refractivity contribution in [1.82, 2.24) is 25.4 Å². The van der Waals surface area contributed by atoms with Crippen LogP contribution in [-0.4, -0.2) is 40.4 Å². The Morgan fingerprint density at radius 3 is 2.62 bits per heavy atom. The molecule has 2 N–H and O–H groups in total. The molecule has 2 aromatic rings. The van der Waals surface area contributed by atoms with Gasteiger partial charge < -0.3 is 19.9 Å². The lowest BCUT2D eigenvalue weighted by Crippen LogP contribution is -2.40. The van der Waals surface area contributed by atoms with Crippen molar-refractivity contribution in [2.75, 3.05) is 13.7 Å². The van der Waals surface area contributed by atoms with E-state index in [1.54, 1.807) is 7.11 Å². The lowest BCUT2D eigenvalue weighted by molar-refractivity contribution is 0.414. The minimum Gasteiger partial charge on any atom is -0.497 e. The molecular formula is C19H28N6O. The van der Waals surface area contributed by atoms with Gasteiger partial charge in [0.1, 0.15) is 18.1 Å². The van der Waals surface area contributed by atoms with Gasteiger partial charge in [-0.15, -0.1) is 10.2 Å². The lowest BCUT2D eigenvalue weighted by Gasteiger charge is -2.12. The molecule has 0 amide bonds. The maximum Gasteiger partial charge on any atom is 0.191 e. The Labute approximate surface area is 154 Å². The highest BCUT2D eigenvalue weighted by molar-refractivity contribution is 5.80. The molecular weight excluding hydrogens is 328 g/mol. The zero-order valence-electron chi connectivity index (χ0n) is 16.0. The molecule has 0 bridgehead atoms. The lowest BCUT2D eigenvalue weighted by atomic mass is 10.1. The molecule has 1 saturated carbocycles. The van der Waals surface area contributed by atoms with Crippen molar-refractivity contribution in [2.24, 2.45) is 18.0 Å². The second-order valence-electron chi connectivity index (χ2n) is 6.88. The third kappa shape index (κ3) is 4.74. The van der Waals surface area contributed by atoms with Crippen molar-refractivity contribution in [3.63, 3.8) is 0 Å². The zero-order chi connectivity index (χ0) is 18.5. The molecule has 1 aliphatic carbocycles. The fourth-order valence-electron chi connectivity index (χ4n) is 2.71. The van der Waals surface area contributed by atoms with Crippen LogP contribution in [0.1, 0.15) is 30.6 Å². The second-order valence-corrected chi connectivity index (χ2v) is 6.88. The summed E-state index contributed by atoms with van der Waals surface area (Å²) < 4.78 is 7.17. The Hall–Kier alpha value is -2.57. The van der Waals surface area contributed by atoms with Gasteiger partial charge in [-0.25, -0.2) is 4.99 Å². The van der Waals surface area contributed by atoms with Gasteiger partial charge in [0.15, 0.2) is 11.8 Å². The van der Waals surface area contributed by atoms with Crippen molar-refractivity contribution in [1.29, 1.82) is 0 Å². The number of nitrogens with one attached hydrogen (secondary N) is 2. The summed E-state index contributed by atoms with van der Waals surface area (Å²) in [5.74, 6) is 4.19. The normalized spacial score (nSPS) is 19.3. The highest BCUT2D eigenvalue weighted by atomic mass is 16.5. The van der Waals surface area contributed by atoms with E-state index in [1.165, 1.54) is 12.0 Å². The van der Waals surface area contributed by atoms with Crippen LogP contribution in [0.3, 0.4) is 0 Å². The number of aromatic nitrogens is 3. The van der Waals surface area contributed by atoms with Crippen LogP contribution < -0.4 is 15.4 Å². The summed E-state index contributed by atoms with van der Waals surface area (Å²) in [7, 11) is 3.65. The SMILES string of the molecule is COc1ccc(CCNC(=NCc2nnc(C)n2C)NC2CC2C)cc1. The van der Waals surface area contributed by atoms with Crippen molar-refractivity contribution in [2.45, 2.75) is 39.3 Å². The Kier molecular flexibility index (Phi) is 5.75. The highest BCUT2D eigenvalue weighted by Crippen LogP contribution is 2.28. The maximum atomic E-state index is 5.20. The van der Waals surface area contributed by atoms with Crippen molar-refractivity contribution in [3.8, 4) is 5.75 Å². The largest absolute Gasteiger partial charge is 0.497 e. The van der Waals surface area contributed by atoms with Gasteiger partial charge >= 0.3 is 0 Å². The number of nitrogens with zero attached hydrogens (tertiary/aromatic N) is 4. The highest BCUT2D eigenvalue weighted by Gasteiger charge is 2.33. The van der Waals surface area contributed by atoms with Crippen molar-refractivity contribution in [3.05, 3.63) is 41.5 Å². The molecule has 7 heteroatoms. The quantitative estimate of drug-likeness (QED) is 0.585. The molecule has 7 nitrogen and oxygen atoms in total. The maximum absolute atomic E-state index is 5.20. The van der Waals surface area contributed by atoms with Crippen LogP contribution in [0.5, 0.6) is 5.75 Å². The molecule has 1 fully saturated rings. The van der Waals surface area contributed by atoms with Crippen molar-refractivity contribution < 1.29 is 4.74 Å². The average Bonchev–Trinajstić information content (AvgIpc) is 3.25. The van der Waals surface area contributed by atoms with Gasteiger partial charge in [-0.2, -0.15) is 0 Å². The Morgan fingerprint density at radius 1 is 1.31 bits per heavy atom. The molecule has 2 unspecified atom stereocenters. The third-order valence-electron chi connectivity index (χ3n) is 4.86. The van der Waals surface area contributed by atoms with Gasteiger partial charge in [-0.1, -0.05) is 19.1 Å². The van der Waals surface area contributed by atoms with Gasteiger partial charge in [0, 0.05) is 19.6 Å². The van der Waals surface area contributed by atoms with E-state index in [2.05, 4.69) is 39.9 Å². The minimum atomic E-state index is 0.510. The van der Waals surface area contributed by atoms with Gasteiger partial charge in [-0.05, 0) is 43.4 Å². The smallest absolute Gasteiger partial charge is 0.191 e. The number of rotatable bonds is 7. The summed E-state index contributed by atoms with van der Waals surface area (Å²) in [6, 6.07) is 8.69. The Balaban J connectivity index is 1.56. The Bertz CT molecular complexity index is 752. The van der Waals surface area contributed by atoms with Crippen LogP contribution in [0.2, 0.25) is 0 Å². The van der Waals surface area contributed by atoms with Crippen LogP contribution in [-0.2, 0) is 20.0 Å². The number of hydrogen-bond acceptors (Lipinski definition) is 4. The van der Waals surface area contributed by atoms with E-state index in [0.717, 1.165) is 36.3 Å². The molecule has 0 radical (unpaired) electrons. The molecule has 1 aromatic heterocycles. The molecule has 0 aliphatic heterocycles. The first kappa shape index (κ1) is 18.2. The number of hydrogen-bond donors (Lipinski definition) is 2. The summed E-state index contributed by atoms with van der Waals surface area (Å²) in [6.45, 7) is 5.52. The number of guanidine groups is 1. The minimum absolute atomic E-state index is 0.510. The summed E-state index contributed by atoms with van der Waals surface area (Å²) in [4.78, 5) is 4.69. The number of aryl methyl sites for hydroxylation is 1. The summed E-state index contributed by atoms with van der Waals surface area (Å²) >= 11 is 0. The predicted molar refractivity (Wildman–Crippen MR) is 102 cm³/mol. The number of ether oxygens (including phenoxy) is 1. The molecule has 3 rings (SSSR count). The molecule has 140 valence electrons. The van der Waals surface area contributed by atoms with Gasteiger partial charge in [0.2, 0.25) is 0 Å². The van der Waals surface area contributed by atoms with Gasteiger partial charge in [0.25, 0.3) is 0 Å². The Morgan fingerprint density at radius 2 is 2.04 bits per heavy atom. The third-order valence-corrected chi connectivity index (χ3v) is 4.86. The summed E-state index contributed by atoms with van der Waals surface area (Å²) in [5, 5.41) is 15.2. The summed E-state index contributed by atoms with van der Waals surface area (Å²) in [5.41, 5.74) is 1.27. The van der Waals surface area contributed by atoms with E-state index in [-0.39, 0.29) is 0 Å². The van der Waals surface area contributed by atoms with Gasteiger partial charge in [0.05, 0.1) is 7.11 Å². The predicted octanol–water partition coefficient (Wildman–Crippen LogP) is 1.82. The van der Waals surface area contributed by atoms with Crippen LogP contribution in [0.15, 0.2) is 29.3 Å². The monoisotopic (exact) mass is 356 g/mol. The first-order valence-electron chi connectivity index (χ1n) is 9.09. The molecule has 0 saturated heterocycles. The van der Waals surface area contributed by atoms with E-state index in [4.69, 9.17) is 9.73 Å². The van der Waals surface area contributed by atoms with E-state index < -0.39 is 0 Å². The summed E-state index contributed by atoms with van der Waals surface area (Å²) in [6.07, 6.45) is 2.12. The topological polar surface area (TPSA) is 76.4 Å². The van der Waals surface area contributed by atoms with Crippen LogP contribution in [0, 0.1) is 12.8 Å². The molecule has 1 aliphatic rings. The zero-order valence-corrected chi connectivity index (χ0v) is 16.0. The van der Waals surface area contributed by atoms with Crippen molar-refractivity contribution >= 4 is 5.96 Å². The second kappa shape index (κ2) is 8.21. The fourth-order valence-corrected chi connectivity index (χ4v) is 2.71. The van der Waals surface area contributed by atoms with E-state index in [0.29, 0.717) is 18.5 Å². The molecule has 1 heterocycles. The molecule has 0 spiro atoms. The van der Waals surface area contributed by atoms with Crippen LogP contribution >= 0.6 is 0 Å². The average molecular weight is 356 g/mol. The van der Waals surface area contributed by atoms with E-state index in [1.807, 2.05) is 30.7 Å². The standard InChI is InChI=1S/C19H28N6O/c1-13-11-17(13)22-19(21-12-18-24-23-14(2)25(18)3)20-10-9-15-5-7-16(26-4)8-6-15/h5-8,13,17H,9-12H2,1-4H3,(H2,20,21,22). The van der Waals surface area contributed by atoms with Gasteiger partial charge in [-0.3, -0.25) is 0 Å². The fraction of sp³-hybridized carbons (Fsp3) is 0.526. The number of aliphatic imine (C=N–C) groups is 1. The van der Waals surface area contributed by atoms with Crippen LogP contribution in [0.25, 0.3) is 0 Å². The first-order chi connectivity index (χ1) is 12.6. The first-order valence-corrected chi connectivity index (χ1v) is 9.09. The molecule has 2 atom stereocenters. The molecule has 26 heavy (non-hydrogen) atoms. The number of benzene rings is 1. The van der Waals surface area contributed by atoms with E-state index >= 15 is 0 Å². The number of methoxy groups -OCH3 is 1.